The highest BCUT2D eigenvalue weighted by atomic mass is 32.2. The van der Waals surface area contributed by atoms with Crippen LogP contribution in [-0.4, -0.2) is 20.7 Å². The summed E-state index contributed by atoms with van der Waals surface area (Å²) in [6.45, 7) is 10.3. The Hall–Kier alpha value is -3.58. The van der Waals surface area contributed by atoms with Gasteiger partial charge in [0, 0.05) is 12.2 Å². The minimum absolute atomic E-state index is 0.117. The van der Waals surface area contributed by atoms with Crippen molar-refractivity contribution in [3.05, 3.63) is 96.0 Å². The number of hydrogen-bond donors (Lipinski definition) is 1. The van der Waals surface area contributed by atoms with Crippen LogP contribution in [0.1, 0.15) is 27.7 Å². The molecule has 4 rings (SSSR count). The topological polar surface area (TPSA) is 73.0 Å². The molecule has 0 spiro atoms. The number of amides is 1. The van der Waals surface area contributed by atoms with Crippen LogP contribution in [0.3, 0.4) is 0 Å². The van der Waals surface area contributed by atoms with Crippen LogP contribution in [-0.2, 0) is 11.3 Å². The Labute approximate surface area is 197 Å². The molecule has 0 radical (unpaired) electrons. The lowest BCUT2D eigenvalue weighted by Crippen LogP contribution is -2.20. The number of hydrogen-bond acceptors (Lipinski definition) is 5. The van der Waals surface area contributed by atoms with E-state index in [1.54, 1.807) is 12.3 Å². The van der Waals surface area contributed by atoms with Gasteiger partial charge in [-0.25, -0.2) is 0 Å². The summed E-state index contributed by atoms with van der Waals surface area (Å²) in [6, 6.07) is 17.6. The third kappa shape index (κ3) is 4.93. The maximum absolute atomic E-state index is 13.5. The van der Waals surface area contributed by atoms with E-state index in [9.17, 15) is 4.79 Å². The van der Waals surface area contributed by atoms with Crippen LogP contribution in [0.25, 0.3) is 11.4 Å². The number of anilines is 1. The quantitative estimate of drug-likeness (QED) is 0.254. The highest BCUT2D eigenvalue weighted by Crippen LogP contribution is 2.37. The summed E-state index contributed by atoms with van der Waals surface area (Å²) in [5.74, 6) is 1.33. The fraction of sp³-hybridized carbons (Fsp3) is 0.192. The van der Waals surface area contributed by atoms with Crippen LogP contribution < -0.4 is 5.32 Å². The van der Waals surface area contributed by atoms with Gasteiger partial charge in [0.2, 0.25) is 5.91 Å². The van der Waals surface area contributed by atoms with Crippen molar-refractivity contribution >= 4 is 23.4 Å². The number of aromatic nitrogens is 3. The first kappa shape index (κ1) is 22.6. The fourth-order valence-corrected chi connectivity index (χ4v) is 4.61. The van der Waals surface area contributed by atoms with E-state index in [2.05, 4.69) is 22.1 Å². The Morgan fingerprint density at radius 2 is 1.94 bits per heavy atom. The number of carbonyl (C=O) groups is 1. The van der Waals surface area contributed by atoms with Gasteiger partial charge in [0.15, 0.2) is 11.0 Å². The Bertz CT molecular complexity index is 1280. The first-order valence-corrected chi connectivity index (χ1v) is 11.5. The van der Waals surface area contributed by atoms with Gasteiger partial charge in [0.25, 0.3) is 0 Å². The lowest BCUT2D eigenvalue weighted by Gasteiger charge is -2.18. The number of thioether (sulfide) groups is 1. The molecule has 2 aromatic carbocycles. The molecule has 0 aliphatic rings. The minimum Gasteiger partial charge on any atom is -0.469 e. The highest BCUT2D eigenvalue weighted by molar-refractivity contribution is 8.00. The lowest BCUT2D eigenvalue weighted by molar-refractivity contribution is -0.115. The second kappa shape index (κ2) is 9.92. The number of nitrogens with zero attached hydrogens (tertiary/aromatic N) is 3. The summed E-state index contributed by atoms with van der Waals surface area (Å²) < 4.78 is 7.41. The van der Waals surface area contributed by atoms with Crippen molar-refractivity contribution in [2.24, 2.45) is 0 Å². The average Bonchev–Trinajstić information content (AvgIpc) is 3.41. The van der Waals surface area contributed by atoms with Crippen LogP contribution in [0, 0.1) is 20.8 Å². The van der Waals surface area contributed by atoms with E-state index in [0.29, 0.717) is 17.5 Å². The summed E-state index contributed by atoms with van der Waals surface area (Å²) in [4.78, 5) is 13.5. The van der Waals surface area contributed by atoms with Crippen LogP contribution in [0.2, 0.25) is 0 Å². The number of aryl methyl sites for hydroxylation is 3. The zero-order valence-electron chi connectivity index (χ0n) is 18.9. The predicted molar refractivity (Wildman–Crippen MR) is 132 cm³/mol. The largest absolute Gasteiger partial charge is 0.469 e. The highest BCUT2D eigenvalue weighted by Gasteiger charge is 2.27. The van der Waals surface area contributed by atoms with Crippen LogP contribution >= 0.6 is 11.8 Å². The molecule has 4 aromatic rings. The molecule has 0 fully saturated rings. The number of carbonyl (C=O) groups excluding carboxylic acids is 1. The van der Waals surface area contributed by atoms with E-state index in [1.807, 2.05) is 79.9 Å². The van der Waals surface area contributed by atoms with Gasteiger partial charge < -0.3 is 9.73 Å². The maximum Gasteiger partial charge on any atom is 0.242 e. The monoisotopic (exact) mass is 458 g/mol. The molecule has 0 saturated heterocycles. The van der Waals surface area contributed by atoms with E-state index < -0.39 is 5.25 Å². The third-order valence-corrected chi connectivity index (χ3v) is 6.58. The Morgan fingerprint density at radius 3 is 2.64 bits per heavy atom. The molecule has 0 aliphatic carbocycles. The average molecular weight is 459 g/mol. The van der Waals surface area contributed by atoms with Gasteiger partial charge in [-0.15, -0.1) is 16.8 Å². The maximum atomic E-state index is 13.5. The zero-order chi connectivity index (χ0) is 23.4. The molecule has 1 atom stereocenters. The molecule has 2 aromatic heterocycles. The van der Waals surface area contributed by atoms with Gasteiger partial charge in [-0.05, 0) is 49.6 Å². The van der Waals surface area contributed by atoms with E-state index >= 15 is 0 Å². The van der Waals surface area contributed by atoms with Crippen LogP contribution in [0.15, 0.2) is 83.1 Å². The smallest absolute Gasteiger partial charge is 0.242 e. The van der Waals surface area contributed by atoms with Gasteiger partial charge in [-0.2, -0.15) is 0 Å². The third-order valence-electron chi connectivity index (χ3n) is 5.34. The number of nitrogens with one attached hydrogen (secondary N) is 1. The van der Waals surface area contributed by atoms with Gasteiger partial charge >= 0.3 is 0 Å². The van der Waals surface area contributed by atoms with E-state index in [0.717, 1.165) is 33.7 Å². The van der Waals surface area contributed by atoms with Gasteiger partial charge in [0.05, 0.1) is 11.8 Å². The Balaban J connectivity index is 1.70. The predicted octanol–water partition coefficient (Wildman–Crippen LogP) is 6.12. The van der Waals surface area contributed by atoms with Crippen molar-refractivity contribution < 1.29 is 9.21 Å². The summed E-state index contributed by atoms with van der Waals surface area (Å²) in [7, 11) is 0. The molecular weight excluding hydrogens is 432 g/mol. The second-order valence-electron chi connectivity index (χ2n) is 7.81. The van der Waals surface area contributed by atoms with Crippen molar-refractivity contribution in [2.75, 3.05) is 5.32 Å². The molecule has 1 unspecified atom stereocenters. The minimum atomic E-state index is -0.517. The first-order valence-electron chi connectivity index (χ1n) is 10.7. The summed E-state index contributed by atoms with van der Waals surface area (Å²) in [6.07, 6.45) is 3.43. The normalized spacial score (nSPS) is 11.8. The molecule has 2 heterocycles. The summed E-state index contributed by atoms with van der Waals surface area (Å²) >= 11 is 1.37. The van der Waals surface area contributed by atoms with E-state index in [4.69, 9.17) is 4.42 Å². The molecular formula is C26H26N4O2S. The van der Waals surface area contributed by atoms with E-state index in [-0.39, 0.29) is 5.91 Å². The lowest BCUT2D eigenvalue weighted by atomic mass is 10.1. The fourth-order valence-electron chi connectivity index (χ4n) is 3.56. The number of rotatable bonds is 8. The van der Waals surface area contributed by atoms with Crippen molar-refractivity contribution in [3.8, 4) is 11.4 Å². The number of benzene rings is 2. The van der Waals surface area contributed by atoms with Crippen molar-refractivity contribution in [1.82, 2.24) is 14.8 Å². The summed E-state index contributed by atoms with van der Waals surface area (Å²) in [5, 5.41) is 12.1. The van der Waals surface area contributed by atoms with Crippen molar-refractivity contribution in [3.63, 3.8) is 0 Å². The van der Waals surface area contributed by atoms with Crippen LogP contribution in [0.4, 0.5) is 5.69 Å². The Kier molecular flexibility index (Phi) is 6.79. The van der Waals surface area contributed by atoms with Gasteiger partial charge in [0.1, 0.15) is 11.0 Å². The Morgan fingerprint density at radius 1 is 1.15 bits per heavy atom. The second-order valence-corrected chi connectivity index (χ2v) is 8.88. The number of furan rings is 1. The molecule has 0 aliphatic heterocycles. The van der Waals surface area contributed by atoms with E-state index in [1.165, 1.54) is 11.8 Å². The van der Waals surface area contributed by atoms with Gasteiger partial charge in [-0.1, -0.05) is 60.3 Å². The molecule has 1 amide bonds. The molecule has 0 bridgehead atoms. The molecule has 168 valence electrons. The van der Waals surface area contributed by atoms with Crippen LogP contribution in [0.5, 0.6) is 0 Å². The SMILES string of the molecule is C=CCn1c(SC(C(=O)Nc2cc(C)ccc2C)c2ccccc2)nnc1-c1ccoc1C. The van der Waals surface area contributed by atoms with Gasteiger partial charge in [-0.3, -0.25) is 9.36 Å². The first-order chi connectivity index (χ1) is 16.0. The molecule has 33 heavy (non-hydrogen) atoms. The molecule has 0 saturated carbocycles. The summed E-state index contributed by atoms with van der Waals surface area (Å²) in [5.41, 5.74) is 4.67. The standard InChI is InChI=1S/C26H26N4O2S/c1-5-14-30-24(21-13-15-32-19(21)4)28-29-26(30)33-23(20-9-7-6-8-10-20)25(31)27-22-16-17(2)11-12-18(22)3/h5-13,15-16,23H,1,14H2,2-4H3,(H,27,31). The number of allylic oxidation sites excluding steroid dienone is 1. The van der Waals surface area contributed by atoms with Crippen molar-refractivity contribution in [1.29, 1.82) is 0 Å². The zero-order valence-corrected chi connectivity index (χ0v) is 19.7. The van der Waals surface area contributed by atoms with Crippen molar-refractivity contribution in [2.45, 2.75) is 37.7 Å². The molecule has 1 N–H and O–H groups in total. The molecule has 7 heteroatoms. The molecule has 6 nitrogen and oxygen atoms in total.